The van der Waals surface area contributed by atoms with E-state index < -0.39 is 30.1 Å². The lowest BCUT2D eigenvalue weighted by molar-refractivity contribution is -0.147. The van der Waals surface area contributed by atoms with Gasteiger partial charge in [0.2, 0.25) is 5.91 Å². The zero-order chi connectivity index (χ0) is 28.1. The Morgan fingerprint density at radius 2 is 1.48 bits per heavy atom. The molecule has 1 aliphatic heterocycles. The fourth-order valence-electron chi connectivity index (χ4n) is 5.59. The minimum Gasteiger partial charge on any atom is -0.481 e. The van der Waals surface area contributed by atoms with Crippen molar-refractivity contribution in [3.63, 3.8) is 0 Å². The largest absolute Gasteiger partial charge is 0.481 e. The fourth-order valence-corrected chi connectivity index (χ4v) is 5.59. The van der Waals surface area contributed by atoms with Gasteiger partial charge in [0, 0.05) is 19.0 Å². The predicted octanol–water partition coefficient (Wildman–Crippen LogP) is 4.82. The first kappa shape index (κ1) is 27.4. The van der Waals surface area contributed by atoms with Crippen molar-refractivity contribution in [3.8, 4) is 11.1 Å². The van der Waals surface area contributed by atoms with E-state index in [1.807, 2.05) is 66.7 Å². The van der Waals surface area contributed by atoms with E-state index in [2.05, 4.69) is 17.4 Å². The summed E-state index contributed by atoms with van der Waals surface area (Å²) in [4.78, 5) is 39.7. The molecule has 0 saturated carbocycles. The van der Waals surface area contributed by atoms with Gasteiger partial charge < -0.3 is 24.8 Å². The van der Waals surface area contributed by atoms with Crippen molar-refractivity contribution in [1.82, 2.24) is 10.2 Å². The zero-order valence-corrected chi connectivity index (χ0v) is 22.5. The lowest BCUT2D eigenvalue weighted by Crippen LogP contribution is -2.56. The molecule has 1 heterocycles. The van der Waals surface area contributed by atoms with Crippen LogP contribution in [0.3, 0.4) is 0 Å². The van der Waals surface area contributed by atoms with Crippen LogP contribution in [-0.2, 0) is 25.7 Å². The molecule has 1 saturated heterocycles. The summed E-state index contributed by atoms with van der Waals surface area (Å²) in [5, 5.41) is 12.1. The van der Waals surface area contributed by atoms with E-state index in [1.165, 1.54) is 0 Å². The maximum atomic E-state index is 13.6. The van der Waals surface area contributed by atoms with Crippen LogP contribution in [-0.4, -0.2) is 59.8 Å². The predicted molar refractivity (Wildman–Crippen MR) is 150 cm³/mol. The summed E-state index contributed by atoms with van der Waals surface area (Å²) < 4.78 is 11.7. The van der Waals surface area contributed by atoms with Crippen LogP contribution in [0.5, 0.6) is 0 Å². The number of ether oxygens (including phenoxy) is 2. The number of carboxylic acid groups (broad SMARTS) is 1. The molecule has 3 aromatic carbocycles. The SMILES string of the molecule is C[C@H](OCc1ccccc1)[C@@H](NC(=O)OCC1c2ccccc2-c2ccccc21)C(=O)N1CCC(C(=O)O)CC1. The van der Waals surface area contributed by atoms with E-state index in [9.17, 15) is 19.5 Å². The molecule has 2 N–H and O–H groups in total. The monoisotopic (exact) mass is 542 g/mol. The van der Waals surface area contributed by atoms with Crippen molar-refractivity contribution in [1.29, 1.82) is 0 Å². The number of aliphatic carboxylic acids is 1. The molecule has 5 rings (SSSR count). The van der Waals surface area contributed by atoms with Gasteiger partial charge in [0.1, 0.15) is 12.6 Å². The van der Waals surface area contributed by atoms with Gasteiger partial charge in [-0.1, -0.05) is 78.9 Å². The van der Waals surface area contributed by atoms with Crippen molar-refractivity contribution >= 4 is 18.0 Å². The van der Waals surface area contributed by atoms with Gasteiger partial charge in [0.15, 0.2) is 0 Å². The molecule has 40 heavy (non-hydrogen) atoms. The summed E-state index contributed by atoms with van der Waals surface area (Å²) in [6, 6.07) is 24.8. The molecule has 3 aromatic rings. The van der Waals surface area contributed by atoms with Crippen molar-refractivity contribution in [2.75, 3.05) is 19.7 Å². The van der Waals surface area contributed by atoms with Crippen LogP contribution in [0.1, 0.15) is 42.4 Å². The third-order valence-electron chi connectivity index (χ3n) is 7.86. The number of carbonyl (C=O) groups excluding carboxylic acids is 2. The van der Waals surface area contributed by atoms with E-state index in [0.717, 1.165) is 27.8 Å². The van der Waals surface area contributed by atoms with Crippen molar-refractivity contribution < 1.29 is 29.0 Å². The van der Waals surface area contributed by atoms with Crippen LogP contribution < -0.4 is 5.32 Å². The van der Waals surface area contributed by atoms with Crippen molar-refractivity contribution in [3.05, 3.63) is 95.6 Å². The van der Waals surface area contributed by atoms with Crippen molar-refractivity contribution in [2.24, 2.45) is 5.92 Å². The Labute approximate surface area is 233 Å². The maximum absolute atomic E-state index is 13.6. The fraction of sp³-hybridized carbons (Fsp3) is 0.344. The summed E-state index contributed by atoms with van der Waals surface area (Å²) in [5.41, 5.74) is 5.42. The minimum atomic E-state index is -0.985. The number of rotatable bonds is 9. The highest BCUT2D eigenvalue weighted by molar-refractivity contribution is 5.87. The lowest BCUT2D eigenvalue weighted by atomic mass is 9.96. The van der Waals surface area contributed by atoms with Gasteiger partial charge in [-0.25, -0.2) is 4.79 Å². The van der Waals surface area contributed by atoms with Gasteiger partial charge in [-0.3, -0.25) is 9.59 Å². The number of likely N-dealkylation sites (tertiary alicyclic amines) is 1. The van der Waals surface area contributed by atoms with Crippen LogP contribution >= 0.6 is 0 Å². The van der Waals surface area contributed by atoms with Crippen molar-refractivity contribution in [2.45, 2.75) is 44.4 Å². The molecule has 0 bridgehead atoms. The highest BCUT2D eigenvalue weighted by Crippen LogP contribution is 2.44. The molecular weight excluding hydrogens is 508 g/mol. The average Bonchev–Trinajstić information content (AvgIpc) is 3.31. The zero-order valence-electron chi connectivity index (χ0n) is 22.5. The highest BCUT2D eigenvalue weighted by Gasteiger charge is 2.36. The molecule has 2 atom stereocenters. The van der Waals surface area contributed by atoms with Crippen LogP contribution in [0.25, 0.3) is 11.1 Å². The molecule has 208 valence electrons. The van der Waals surface area contributed by atoms with E-state index in [1.54, 1.807) is 11.8 Å². The molecular formula is C32H34N2O6. The second kappa shape index (κ2) is 12.3. The number of hydrogen-bond donors (Lipinski definition) is 2. The summed E-state index contributed by atoms with van der Waals surface area (Å²) in [6.45, 7) is 2.77. The summed E-state index contributed by atoms with van der Waals surface area (Å²) in [6.07, 6.45) is -0.600. The summed E-state index contributed by atoms with van der Waals surface area (Å²) in [7, 11) is 0. The second-order valence-corrected chi connectivity index (χ2v) is 10.4. The molecule has 0 aromatic heterocycles. The summed E-state index contributed by atoms with van der Waals surface area (Å²) in [5.74, 6) is -1.73. The number of fused-ring (bicyclic) bond motifs is 3. The number of nitrogens with one attached hydrogen (secondary N) is 1. The van der Waals surface area contributed by atoms with Gasteiger partial charge in [0.25, 0.3) is 0 Å². The van der Waals surface area contributed by atoms with E-state index in [0.29, 0.717) is 25.9 Å². The third kappa shape index (κ3) is 6.02. The van der Waals surface area contributed by atoms with Crippen LogP contribution in [0.15, 0.2) is 78.9 Å². The second-order valence-electron chi connectivity index (χ2n) is 10.4. The molecule has 1 aliphatic carbocycles. The standard InChI is InChI=1S/C32H34N2O6/c1-21(39-19-22-9-3-2-4-10-22)29(30(35)34-17-15-23(16-18-34)31(36)37)33-32(38)40-20-28-26-13-7-5-11-24(26)25-12-6-8-14-27(25)28/h2-14,21,23,28-29H,15-20H2,1H3,(H,33,38)(H,36,37)/t21-,29+/m0/s1. The van der Waals surface area contributed by atoms with Gasteiger partial charge in [-0.2, -0.15) is 0 Å². The van der Waals surface area contributed by atoms with Gasteiger partial charge in [0.05, 0.1) is 18.6 Å². The maximum Gasteiger partial charge on any atom is 0.407 e. The quantitative estimate of drug-likeness (QED) is 0.402. The molecule has 8 nitrogen and oxygen atoms in total. The number of amides is 2. The van der Waals surface area contributed by atoms with Gasteiger partial charge in [-0.15, -0.1) is 0 Å². The van der Waals surface area contributed by atoms with Crippen LogP contribution in [0, 0.1) is 5.92 Å². The topological polar surface area (TPSA) is 105 Å². The minimum absolute atomic E-state index is 0.103. The average molecular weight is 543 g/mol. The number of alkyl carbamates (subject to hydrolysis) is 1. The molecule has 8 heteroatoms. The molecule has 0 spiro atoms. The molecule has 1 fully saturated rings. The highest BCUT2D eigenvalue weighted by atomic mass is 16.5. The van der Waals surface area contributed by atoms with Gasteiger partial charge >= 0.3 is 12.1 Å². The number of carbonyl (C=O) groups is 3. The Kier molecular flexibility index (Phi) is 8.45. The smallest absolute Gasteiger partial charge is 0.407 e. The Balaban J connectivity index is 1.26. The Bertz CT molecular complexity index is 1310. The Morgan fingerprint density at radius 1 is 0.900 bits per heavy atom. The molecule has 0 radical (unpaired) electrons. The number of nitrogens with zero attached hydrogens (tertiary/aromatic N) is 1. The van der Waals surface area contributed by atoms with E-state index in [4.69, 9.17) is 9.47 Å². The van der Waals surface area contributed by atoms with E-state index in [-0.39, 0.29) is 25.0 Å². The number of hydrogen-bond acceptors (Lipinski definition) is 5. The first-order valence-electron chi connectivity index (χ1n) is 13.7. The lowest BCUT2D eigenvalue weighted by Gasteiger charge is -2.34. The van der Waals surface area contributed by atoms with Crippen LogP contribution in [0.2, 0.25) is 0 Å². The molecule has 2 amide bonds. The number of carboxylic acids is 1. The van der Waals surface area contributed by atoms with Crippen LogP contribution in [0.4, 0.5) is 4.79 Å². The number of benzene rings is 3. The number of piperidine rings is 1. The van der Waals surface area contributed by atoms with E-state index >= 15 is 0 Å². The third-order valence-corrected chi connectivity index (χ3v) is 7.86. The summed E-state index contributed by atoms with van der Waals surface area (Å²) >= 11 is 0. The Morgan fingerprint density at radius 3 is 2.08 bits per heavy atom. The normalized spacial score (nSPS) is 16.5. The van der Waals surface area contributed by atoms with Gasteiger partial charge in [-0.05, 0) is 47.6 Å². The Hall–Kier alpha value is -4.17. The first-order valence-corrected chi connectivity index (χ1v) is 13.7. The molecule has 2 aliphatic rings. The molecule has 0 unspecified atom stereocenters. The first-order chi connectivity index (χ1) is 19.4.